The molecule has 0 fully saturated rings. The summed E-state index contributed by atoms with van der Waals surface area (Å²) in [5.41, 5.74) is -0.0852. The van der Waals surface area contributed by atoms with Crippen LogP contribution in [0.3, 0.4) is 0 Å². The first kappa shape index (κ1) is 12.4. The Bertz CT molecular complexity index is 152. The van der Waals surface area contributed by atoms with Crippen molar-refractivity contribution >= 4 is 5.97 Å². The van der Waals surface area contributed by atoms with Crippen LogP contribution in [0.2, 0.25) is 0 Å². The van der Waals surface area contributed by atoms with Gasteiger partial charge in [-0.05, 0) is 6.42 Å². The van der Waals surface area contributed by atoms with Crippen molar-refractivity contribution in [1.82, 2.24) is 0 Å². The van der Waals surface area contributed by atoms with Gasteiger partial charge in [0.1, 0.15) is 0 Å². The molecule has 0 aliphatic carbocycles. The Balaban J connectivity index is 3.67. The zero-order valence-electron chi connectivity index (χ0n) is 9.05. The molecular weight excluding hydrogens is 168 g/mol. The number of hydrogen-bond acceptors (Lipinski definition) is 3. The Labute approximate surface area is 80.4 Å². The van der Waals surface area contributed by atoms with Gasteiger partial charge in [0.05, 0.1) is 13.2 Å². The van der Waals surface area contributed by atoms with Crippen LogP contribution in [0, 0.1) is 5.41 Å². The van der Waals surface area contributed by atoms with Gasteiger partial charge in [0, 0.05) is 18.9 Å². The number of methoxy groups -OCH3 is 1. The van der Waals surface area contributed by atoms with Crippen LogP contribution in [0.25, 0.3) is 0 Å². The normalized spacial score (nSPS) is 11.4. The van der Waals surface area contributed by atoms with Crippen molar-refractivity contribution < 1.29 is 14.3 Å². The van der Waals surface area contributed by atoms with Crippen molar-refractivity contribution in [1.29, 1.82) is 0 Å². The van der Waals surface area contributed by atoms with Crippen molar-refractivity contribution in [3.05, 3.63) is 0 Å². The summed E-state index contributed by atoms with van der Waals surface area (Å²) >= 11 is 0. The van der Waals surface area contributed by atoms with E-state index >= 15 is 0 Å². The highest BCUT2D eigenvalue weighted by molar-refractivity contribution is 5.69. The molecule has 3 heteroatoms. The van der Waals surface area contributed by atoms with Crippen LogP contribution >= 0.6 is 0 Å². The van der Waals surface area contributed by atoms with Crippen LogP contribution in [0.5, 0.6) is 0 Å². The van der Waals surface area contributed by atoms with E-state index in [-0.39, 0.29) is 11.4 Å². The molecule has 0 aromatic carbocycles. The fraction of sp³-hybridized carbons (Fsp3) is 0.900. The zero-order valence-corrected chi connectivity index (χ0v) is 9.05. The number of esters is 1. The molecule has 3 nitrogen and oxygen atoms in total. The zero-order chi connectivity index (χ0) is 10.3. The summed E-state index contributed by atoms with van der Waals surface area (Å²) in [6, 6.07) is 0. The molecule has 0 unspecified atom stereocenters. The third-order valence-corrected chi connectivity index (χ3v) is 1.61. The van der Waals surface area contributed by atoms with Gasteiger partial charge in [-0.15, -0.1) is 0 Å². The summed E-state index contributed by atoms with van der Waals surface area (Å²) in [5.74, 6) is -0.119. The number of ether oxygens (including phenoxy) is 2. The van der Waals surface area contributed by atoms with Crippen molar-refractivity contribution in [2.45, 2.75) is 33.6 Å². The van der Waals surface area contributed by atoms with E-state index in [2.05, 4.69) is 0 Å². The van der Waals surface area contributed by atoms with Crippen molar-refractivity contribution in [2.24, 2.45) is 5.41 Å². The largest absolute Gasteiger partial charge is 0.465 e. The molecule has 0 bridgehead atoms. The monoisotopic (exact) mass is 188 g/mol. The van der Waals surface area contributed by atoms with E-state index in [1.165, 1.54) is 0 Å². The smallest absolute Gasteiger partial charge is 0.305 e. The van der Waals surface area contributed by atoms with Crippen LogP contribution in [-0.4, -0.2) is 26.3 Å². The predicted octanol–water partition coefficient (Wildman–Crippen LogP) is 2.00. The Morgan fingerprint density at radius 2 is 1.92 bits per heavy atom. The van der Waals surface area contributed by atoms with Crippen LogP contribution < -0.4 is 0 Å². The standard InChI is InChI=1S/C10H20O3/c1-5-6-9(11)13-8-10(2,3)7-12-4/h5-8H2,1-4H3. The molecular formula is C10H20O3. The minimum Gasteiger partial charge on any atom is -0.465 e. The molecule has 0 saturated carbocycles. The van der Waals surface area contributed by atoms with E-state index in [0.29, 0.717) is 19.6 Å². The van der Waals surface area contributed by atoms with Crippen molar-refractivity contribution in [3.8, 4) is 0 Å². The van der Waals surface area contributed by atoms with Gasteiger partial charge >= 0.3 is 5.97 Å². The molecule has 0 N–H and O–H groups in total. The molecule has 0 atom stereocenters. The minimum absolute atomic E-state index is 0.0852. The molecule has 0 saturated heterocycles. The van der Waals surface area contributed by atoms with E-state index in [0.717, 1.165) is 6.42 Å². The average molecular weight is 188 g/mol. The predicted molar refractivity (Wildman–Crippen MR) is 51.5 cm³/mol. The highest BCUT2D eigenvalue weighted by Gasteiger charge is 2.19. The lowest BCUT2D eigenvalue weighted by molar-refractivity contribution is -0.147. The maximum Gasteiger partial charge on any atom is 0.305 e. The fourth-order valence-corrected chi connectivity index (χ4v) is 0.985. The van der Waals surface area contributed by atoms with Gasteiger partial charge in [-0.25, -0.2) is 0 Å². The van der Waals surface area contributed by atoms with Gasteiger partial charge in [-0.3, -0.25) is 4.79 Å². The van der Waals surface area contributed by atoms with E-state index in [1.54, 1.807) is 7.11 Å². The lowest BCUT2D eigenvalue weighted by Crippen LogP contribution is -2.26. The first-order valence-corrected chi connectivity index (χ1v) is 4.66. The fourth-order valence-electron chi connectivity index (χ4n) is 0.985. The van der Waals surface area contributed by atoms with Crippen LogP contribution in [0.4, 0.5) is 0 Å². The van der Waals surface area contributed by atoms with E-state index < -0.39 is 0 Å². The Hall–Kier alpha value is -0.570. The summed E-state index contributed by atoms with van der Waals surface area (Å²) < 4.78 is 10.1. The SMILES string of the molecule is CCCC(=O)OCC(C)(C)COC. The topological polar surface area (TPSA) is 35.5 Å². The van der Waals surface area contributed by atoms with Crippen LogP contribution in [-0.2, 0) is 14.3 Å². The van der Waals surface area contributed by atoms with Crippen molar-refractivity contribution in [2.75, 3.05) is 20.3 Å². The second kappa shape index (κ2) is 5.97. The second-order valence-electron chi connectivity index (χ2n) is 4.01. The molecule has 0 heterocycles. The second-order valence-corrected chi connectivity index (χ2v) is 4.01. The lowest BCUT2D eigenvalue weighted by atomic mass is 9.96. The molecule has 0 aromatic heterocycles. The summed E-state index contributed by atoms with van der Waals surface area (Å²) in [5, 5.41) is 0. The van der Waals surface area contributed by atoms with Gasteiger partial charge in [0.25, 0.3) is 0 Å². The van der Waals surface area contributed by atoms with Gasteiger partial charge < -0.3 is 9.47 Å². The lowest BCUT2D eigenvalue weighted by Gasteiger charge is -2.22. The Morgan fingerprint density at radius 3 is 2.38 bits per heavy atom. The average Bonchev–Trinajstić information content (AvgIpc) is 2.02. The summed E-state index contributed by atoms with van der Waals surface area (Å²) in [6.07, 6.45) is 1.34. The van der Waals surface area contributed by atoms with Crippen LogP contribution in [0.15, 0.2) is 0 Å². The number of rotatable bonds is 6. The highest BCUT2D eigenvalue weighted by Crippen LogP contribution is 2.15. The number of carbonyl (C=O) groups is 1. The maximum atomic E-state index is 11.0. The molecule has 78 valence electrons. The number of hydrogen-bond donors (Lipinski definition) is 0. The number of carbonyl (C=O) groups excluding carboxylic acids is 1. The van der Waals surface area contributed by atoms with E-state index in [9.17, 15) is 4.79 Å². The van der Waals surface area contributed by atoms with Crippen LogP contribution in [0.1, 0.15) is 33.6 Å². The summed E-state index contributed by atoms with van der Waals surface area (Å²) in [6.45, 7) is 7.01. The molecule has 0 rings (SSSR count). The van der Waals surface area contributed by atoms with Crippen molar-refractivity contribution in [3.63, 3.8) is 0 Å². The molecule has 0 radical (unpaired) electrons. The molecule has 0 aliphatic heterocycles. The Kier molecular flexibility index (Phi) is 5.71. The Morgan fingerprint density at radius 1 is 1.31 bits per heavy atom. The third-order valence-electron chi connectivity index (χ3n) is 1.61. The quantitative estimate of drug-likeness (QED) is 0.598. The maximum absolute atomic E-state index is 11.0. The van der Waals surface area contributed by atoms with Gasteiger partial charge in [-0.1, -0.05) is 20.8 Å². The summed E-state index contributed by atoms with van der Waals surface area (Å²) in [4.78, 5) is 11.0. The van der Waals surface area contributed by atoms with Gasteiger partial charge in [0.2, 0.25) is 0 Å². The molecule has 0 amide bonds. The molecule has 0 spiro atoms. The first-order chi connectivity index (χ1) is 6.02. The molecule has 13 heavy (non-hydrogen) atoms. The molecule has 0 aromatic rings. The van der Waals surface area contributed by atoms with E-state index in [1.807, 2.05) is 20.8 Å². The van der Waals surface area contributed by atoms with Gasteiger partial charge in [0.15, 0.2) is 0 Å². The van der Waals surface area contributed by atoms with Gasteiger partial charge in [-0.2, -0.15) is 0 Å². The minimum atomic E-state index is -0.119. The summed E-state index contributed by atoms with van der Waals surface area (Å²) in [7, 11) is 1.65. The van der Waals surface area contributed by atoms with E-state index in [4.69, 9.17) is 9.47 Å². The molecule has 0 aliphatic rings. The third kappa shape index (κ3) is 6.58. The highest BCUT2D eigenvalue weighted by atomic mass is 16.5. The first-order valence-electron chi connectivity index (χ1n) is 4.66.